The van der Waals surface area contributed by atoms with Gasteiger partial charge in [-0.15, -0.1) is 5.10 Å². The molecule has 2 aromatic heterocycles. The number of hydrogen-bond acceptors (Lipinski definition) is 7. The van der Waals surface area contributed by atoms with Gasteiger partial charge in [0.2, 0.25) is 0 Å². The quantitative estimate of drug-likeness (QED) is 0.170. The summed E-state index contributed by atoms with van der Waals surface area (Å²) in [5.41, 5.74) is 5.56. The van der Waals surface area contributed by atoms with Gasteiger partial charge in [0.05, 0.1) is 39.1 Å². The smallest absolute Gasteiger partial charge is 0.141 e. The fourth-order valence-corrected chi connectivity index (χ4v) is 5.97. The molecule has 3 aromatic carbocycles. The molecule has 224 valence electrons. The van der Waals surface area contributed by atoms with Gasteiger partial charge in [0, 0.05) is 35.5 Å². The molecule has 3 heterocycles. The summed E-state index contributed by atoms with van der Waals surface area (Å²) in [4.78, 5) is 6.94. The molecule has 8 nitrogen and oxygen atoms in total. The lowest BCUT2D eigenvalue weighted by atomic mass is 10.0. The van der Waals surface area contributed by atoms with Crippen LogP contribution in [0.4, 0.5) is 21.5 Å². The van der Waals surface area contributed by atoms with E-state index in [2.05, 4.69) is 75.0 Å². The molecule has 0 amide bonds. The lowest BCUT2D eigenvalue weighted by Crippen LogP contribution is -2.19. The Kier molecular flexibility index (Phi) is 8.67. The SMILES string of the molecule is CC(C)n1cc(C(Nc2cc(Cl)c3ncc(C#N)c(Nc4ccc(F)c(Cl)c4)c3c2)c2cccc(CN3CCCC3)c2)nn1. The second kappa shape index (κ2) is 12.8. The van der Waals surface area contributed by atoms with Crippen molar-refractivity contribution in [3.8, 4) is 6.07 Å². The number of anilines is 3. The summed E-state index contributed by atoms with van der Waals surface area (Å²) in [6.45, 7) is 7.24. The molecule has 1 aliphatic rings. The first kappa shape index (κ1) is 29.8. The number of nitrogens with zero attached hydrogens (tertiary/aromatic N) is 6. The summed E-state index contributed by atoms with van der Waals surface area (Å²) in [7, 11) is 0. The van der Waals surface area contributed by atoms with Crippen molar-refractivity contribution in [1.29, 1.82) is 5.26 Å². The summed E-state index contributed by atoms with van der Waals surface area (Å²) in [5, 5.41) is 26.7. The molecular weight excluding hydrogens is 598 g/mol. The molecule has 44 heavy (non-hydrogen) atoms. The number of nitrogens with one attached hydrogen (secondary N) is 2. The molecule has 1 saturated heterocycles. The Balaban J connectivity index is 1.42. The van der Waals surface area contributed by atoms with Crippen molar-refractivity contribution < 1.29 is 4.39 Å². The third kappa shape index (κ3) is 6.34. The normalized spacial score (nSPS) is 14.2. The maximum atomic E-state index is 13.9. The van der Waals surface area contributed by atoms with Gasteiger partial charge in [-0.1, -0.05) is 52.7 Å². The van der Waals surface area contributed by atoms with E-state index in [-0.39, 0.29) is 17.1 Å². The predicted octanol–water partition coefficient (Wildman–Crippen LogP) is 8.27. The van der Waals surface area contributed by atoms with Gasteiger partial charge in [-0.3, -0.25) is 9.88 Å². The minimum Gasteiger partial charge on any atom is -0.373 e. The van der Waals surface area contributed by atoms with Gasteiger partial charge in [-0.25, -0.2) is 9.07 Å². The number of hydrogen-bond donors (Lipinski definition) is 2. The molecule has 0 saturated carbocycles. The summed E-state index contributed by atoms with van der Waals surface area (Å²) in [6.07, 6.45) is 5.89. The van der Waals surface area contributed by atoms with Gasteiger partial charge in [0.15, 0.2) is 0 Å². The van der Waals surface area contributed by atoms with Crippen molar-refractivity contribution in [2.75, 3.05) is 23.7 Å². The molecule has 1 fully saturated rings. The number of fused-ring (bicyclic) bond motifs is 1. The van der Waals surface area contributed by atoms with Crippen molar-refractivity contribution in [3.05, 3.63) is 105 Å². The molecule has 0 bridgehead atoms. The van der Waals surface area contributed by atoms with Gasteiger partial charge in [0.25, 0.3) is 0 Å². The highest BCUT2D eigenvalue weighted by Gasteiger charge is 2.22. The predicted molar refractivity (Wildman–Crippen MR) is 173 cm³/mol. The number of nitriles is 1. The summed E-state index contributed by atoms with van der Waals surface area (Å²) >= 11 is 12.8. The van der Waals surface area contributed by atoms with Crippen LogP contribution in [0.5, 0.6) is 0 Å². The molecule has 2 N–H and O–H groups in total. The maximum Gasteiger partial charge on any atom is 0.141 e. The monoisotopic (exact) mass is 628 g/mol. The van der Waals surface area contributed by atoms with Crippen molar-refractivity contribution >= 4 is 51.2 Å². The maximum absolute atomic E-state index is 13.9. The van der Waals surface area contributed by atoms with Crippen molar-refractivity contribution in [2.24, 2.45) is 0 Å². The largest absolute Gasteiger partial charge is 0.373 e. The molecule has 11 heteroatoms. The lowest BCUT2D eigenvalue weighted by molar-refractivity contribution is 0.331. The van der Waals surface area contributed by atoms with Crippen LogP contribution in [0, 0.1) is 17.1 Å². The summed E-state index contributed by atoms with van der Waals surface area (Å²) in [6, 6.07) is 18.6. The minimum atomic E-state index is -0.531. The first-order valence-corrected chi connectivity index (χ1v) is 15.3. The minimum absolute atomic E-state index is 0.0310. The van der Waals surface area contributed by atoms with E-state index in [9.17, 15) is 9.65 Å². The van der Waals surface area contributed by atoms with Crippen molar-refractivity contribution in [1.82, 2.24) is 24.9 Å². The van der Waals surface area contributed by atoms with Crippen LogP contribution in [-0.4, -0.2) is 38.0 Å². The number of likely N-dealkylation sites (tertiary alicyclic amines) is 1. The fourth-order valence-electron chi connectivity index (χ4n) is 5.52. The average Bonchev–Trinajstić information content (AvgIpc) is 3.71. The van der Waals surface area contributed by atoms with Gasteiger partial charge in [-0.05, 0) is 81.2 Å². The zero-order valence-corrected chi connectivity index (χ0v) is 25.9. The van der Waals surface area contributed by atoms with E-state index in [1.165, 1.54) is 36.7 Å². The van der Waals surface area contributed by atoms with Crippen LogP contribution in [0.1, 0.15) is 61.2 Å². The zero-order chi connectivity index (χ0) is 30.8. The Morgan fingerprint density at radius 2 is 1.82 bits per heavy atom. The molecule has 0 radical (unpaired) electrons. The zero-order valence-electron chi connectivity index (χ0n) is 24.4. The van der Waals surface area contributed by atoms with Crippen molar-refractivity contribution in [3.63, 3.8) is 0 Å². The first-order valence-electron chi connectivity index (χ1n) is 14.5. The standard InChI is InChI=1S/C33H31Cl2FN8/c1-20(2)44-19-30(41-42-44)32(22-7-5-6-21(12-22)18-43-10-3-4-11-43)40-25-13-26-31(39-24-8-9-29(36)27(34)14-24)23(16-37)17-38-33(26)28(35)15-25/h5-9,12-15,17,19-20,32,40H,3-4,10-11,18H2,1-2H3,(H,38,39). The molecule has 6 rings (SSSR count). The van der Waals surface area contributed by atoms with Crippen LogP contribution in [0.3, 0.4) is 0 Å². The van der Waals surface area contributed by atoms with E-state index in [0.717, 1.165) is 30.9 Å². The van der Waals surface area contributed by atoms with Crippen molar-refractivity contribution in [2.45, 2.75) is 45.3 Å². The highest BCUT2D eigenvalue weighted by molar-refractivity contribution is 6.36. The third-order valence-corrected chi connectivity index (χ3v) is 8.37. The Morgan fingerprint density at radius 1 is 1.02 bits per heavy atom. The van der Waals surface area contributed by atoms with E-state index in [1.807, 2.05) is 23.0 Å². The molecule has 1 aliphatic heterocycles. The Bertz CT molecular complexity index is 1860. The molecular formula is C33H31Cl2FN8. The first-order chi connectivity index (χ1) is 21.3. The Morgan fingerprint density at radius 3 is 2.55 bits per heavy atom. The van der Waals surface area contributed by atoms with Crippen LogP contribution in [-0.2, 0) is 6.54 Å². The highest BCUT2D eigenvalue weighted by atomic mass is 35.5. The molecule has 0 aliphatic carbocycles. The Labute approximate surface area is 265 Å². The van der Waals surface area contributed by atoms with Crippen LogP contribution < -0.4 is 10.6 Å². The van der Waals surface area contributed by atoms with Gasteiger partial charge < -0.3 is 10.6 Å². The third-order valence-electron chi connectivity index (χ3n) is 7.79. The van der Waals surface area contributed by atoms with E-state index >= 15 is 0 Å². The second-order valence-electron chi connectivity index (χ2n) is 11.3. The van der Waals surface area contributed by atoms with Gasteiger partial charge >= 0.3 is 0 Å². The van der Waals surface area contributed by atoms with E-state index < -0.39 is 5.82 Å². The second-order valence-corrected chi connectivity index (χ2v) is 12.1. The summed E-state index contributed by atoms with van der Waals surface area (Å²) in [5.74, 6) is -0.531. The van der Waals surface area contributed by atoms with Crippen LogP contribution >= 0.6 is 23.2 Å². The van der Waals surface area contributed by atoms with E-state index in [4.69, 9.17) is 23.2 Å². The number of halogens is 3. The van der Waals surface area contributed by atoms with E-state index in [1.54, 1.807) is 6.07 Å². The van der Waals surface area contributed by atoms with Crippen LogP contribution in [0.2, 0.25) is 10.0 Å². The Hall–Kier alpha value is -4.23. The van der Waals surface area contributed by atoms with Gasteiger partial charge in [-0.2, -0.15) is 5.26 Å². The number of aromatic nitrogens is 4. The average molecular weight is 630 g/mol. The summed E-state index contributed by atoms with van der Waals surface area (Å²) < 4.78 is 15.7. The van der Waals surface area contributed by atoms with Gasteiger partial charge in [0.1, 0.15) is 17.6 Å². The molecule has 0 spiro atoms. The topological polar surface area (TPSA) is 94.7 Å². The number of benzene rings is 3. The van der Waals surface area contributed by atoms with Crippen LogP contribution in [0.15, 0.2) is 67.0 Å². The van der Waals surface area contributed by atoms with Crippen LogP contribution in [0.25, 0.3) is 10.9 Å². The molecule has 5 aromatic rings. The highest BCUT2D eigenvalue weighted by Crippen LogP contribution is 2.37. The lowest BCUT2D eigenvalue weighted by Gasteiger charge is -2.21. The molecule has 1 atom stereocenters. The number of pyridine rings is 1. The fraction of sp³-hybridized carbons (Fsp3) is 0.273. The molecule has 1 unspecified atom stereocenters. The number of rotatable bonds is 9. The van der Waals surface area contributed by atoms with E-state index in [0.29, 0.717) is 38.6 Å².